The molecule has 5 nitrogen and oxygen atoms in total. The fourth-order valence-corrected chi connectivity index (χ4v) is 3.51. The minimum atomic E-state index is -4.02. The summed E-state index contributed by atoms with van der Waals surface area (Å²) in [7, 11) is -4.02. The van der Waals surface area contributed by atoms with Crippen LogP contribution >= 0.6 is 0 Å². The van der Waals surface area contributed by atoms with Crippen LogP contribution in [-0.4, -0.2) is 26.6 Å². The van der Waals surface area contributed by atoms with Crippen molar-refractivity contribution in [3.8, 4) is 0 Å². The molecule has 0 fully saturated rings. The molecule has 0 unspecified atom stereocenters. The number of fused-ring (bicyclic) bond motifs is 1. The van der Waals surface area contributed by atoms with Gasteiger partial charge in [0.1, 0.15) is 0 Å². The van der Waals surface area contributed by atoms with E-state index in [1.54, 1.807) is 36.4 Å². The fraction of sp³-hybridized carbons (Fsp3) is 0.158. The molecule has 2 aromatic carbocycles. The van der Waals surface area contributed by atoms with E-state index in [1.165, 1.54) is 19.1 Å². The molecule has 0 radical (unpaired) electrons. The van der Waals surface area contributed by atoms with E-state index >= 15 is 0 Å². The smallest absolute Gasteiger partial charge is 0.289 e. The van der Waals surface area contributed by atoms with Crippen LogP contribution in [0.5, 0.6) is 0 Å². The highest BCUT2D eigenvalue weighted by Gasteiger charge is 2.30. The number of benzene rings is 2. The maximum Gasteiger partial charge on any atom is 0.297 e. The van der Waals surface area contributed by atoms with Crippen LogP contribution in [0.4, 0.5) is 0 Å². The Labute approximate surface area is 146 Å². The Morgan fingerprint density at radius 2 is 1.40 bits per heavy atom. The summed E-state index contributed by atoms with van der Waals surface area (Å²) >= 11 is 0. The fourth-order valence-electron chi connectivity index (χ4n) is 2.63. The molecule has 0 aromatic heterocycles. The third-order valence-electron chi connectivity index (χ3n) is 4.15. The van der Waals surface area contributed by atoms with Gasteiger partial charge >= 0.3 is 0 Å². The van der Waals surface area contributed by atoms with Crippen LogP contribution in [0, 0.1) is 6.92 Å². The van der Waals surface area contributed by atoms with Gasteiger partial charge in [0.05, 0.1) is 11.5 Å². The van der Waals surface area contributed by atoms with Gasteiger partial charge in [-0.2, -0.15) is 8.42 Å². The van der Waals surface area contributed by atoms with E-state index in [0.29, 0.717) is 5.56 Å². The molecule has 0 saturated heterocycles. The zero-order chi connectivity index (χ0) is 18.2. The first-order valence-electron chi connectivity index (χ1n) is 7.65. The van der Waals surface area contributed by atoms with Crippen molar-refractivity contribution in [2.75, 3.05) is 6.61 Å². The minimum absolute atomic E-state index is 0.00587. The van der Waals surface area contributed by atoms with Crippen molar-refractivity contribution in [1.29, 1.82) is 0 Å². The normalized spacial score (nSPS) is 14.6. The Bertz CT molecular complexity index is 998. The number of carbonyl (C=O) groups is 2. The average molecular weight is 356 g/mol. The molecular weight excluding hydrogens is 340 g/mol. The summed E-state index contributed by atoms with van der Waals surface area (Å²) in [5, 5.41) is 0. The molecule has 1 aliphatic rings. The van der Waals surface area contributed by atoms with Crippen molar-refractivity contribution in [2.24, 2.45) is 0 Å². The molecule has 128 valence electrons. The first-order valence-corrected chi connectivity index (χ1v) is 9.06. The number of Topliss-reactive ketones (excluding diaryl/α,β-unsaturated/α-hetero) is 2. The number of ketones is 2. The third-order valence-corrected chi connectivity index (χ3v) is 5.43. The zero-order valence-electron chi connectivity index (χ0n) is 13.8. The maximum absolute atomic E-state index is 12.6. The van der Waals surface area contributed by atoms with E-state index in [-0.39, 0.29) is 33.2 Å². The molecule has 2 aromatic rings. The summed E-state index contributed by atoms with van der Waals surface area (Å²) in [5.41, 5.74) is 1.80. The number of aryl methyl sites for hydroxylation is 1. The van der Waals surface area contributed by atoms with Crippen molar-refractivity contribution in [3.05, 3.63) is 76.4 Å². The van der Waals surface area contributed by atoms with Gasteiger partial charge in [-0.1, -0.05) is 42.0 Å². The lowest BCUT2D eigenvalue weighted by atomic mass is 9.85. The van der Waals surface area contributed by atoms with Crippen molar-refractivity contribution in [3.63, 3.8) is 0 Å². The molecule has 0 atom stereocenters. The molecule has 0 amide bonds. The van der Waals surface area contributed by atoms with Crippen LogP contribution in [0.1, 0.15) is 33.2 Å². The molecule has 0 saturated carbocycles. The number of hydrogen-bond acceptors (Lipinski definition) is 5. The number of allylic oxidation sites excluding steroid dienone is 1. The Balaban J connectivity index is 1.88. The lowest BCUT2D eigenvalue weighted by Gasteiger charge is -2.18. The number of rotatable bonds is 4. The molecular formula is C19H16O5S. The molecule has 0 N–H and O–H groups in total. The van der Waals surface area contributed by atoms with Gasteiger partial charge in [0.2, 0.25) is 0 Å². The van der Waals surface area contributed by atoms with Gasteiger partial charge in [0, 0.05) is 22.3 Å². The van der Waals surface area contributed by atoms with E-state index in [9.17, 15) is 18.0 Å². The third kappa shape index (κ3) is 3.18. The first-order chi connectivity index (χ1) is 11.8. The minimum Gasteiger partial charge on any atom is -0.289 e. The van der Waals surface area contributed by atoms with Gasteiger partial charge in [-0.15, -0.1) is 0 Å². The van der Waals surface area contributed by atoms with Crippen LogP contribution in [0.25, 0.3) is 0 Å². The summed E-state index contributed by atoms with van der Waals surface area (Å²) in [6.07, 6.45) is 0. The van der Waals surface area contributed by atoms with Crippen LogP contribution in [0.2, 0.25) is 0 Å². The lowest BCUT2D eigenvalue weighted by Crippen LogP contribution is -2.24. The van der Waals surface area contributed by atoms with E-state index in [4.69, 9.17) is 4.18 Å². The van der Waals surface area contributed by atoms with Gasteiger partial charge in [-0.25, -0.2) is 0 Å². The Kier molecular flexibility index (Phi) is 4.41. The zero-order valence-corrected chi connectivity index (χ0v) is 14.6. The molecule has 0 spiro atoms. The molecule has 3 rings (SSSR count). The summed E-state index contributed by atoms with van der Waals surface area (Å²) in [6.45, 7) is 2.88. The number of carbonyl (C=O) groups excluding carboxylic acids is 2. The van der Waals surface area contributed by atoms with Gasteiger partial charge < -0.3 is 0 Å². The van der Waals surface area contributed by atoms with Crippen molar-refractivity contribution < 1.29 is 22.2 Å². The van der Waals surface area contributed by atoms with Crippen LogP contribution in [0.3, 0.4) is 0 Å². The summed E-state index contributed by atoms with van der Waals surface area (Å²) < 4.78 is 29.6. The van der Waals surface area contributed by atoms with E-state index in [2.05, 4.69) is 0 Å². The molecule has 0 aliphatic heterocycles. The Hall–Kier alpha value is -2.57. The van der Waals surface area contributed by atoms with E-state index in [1.807, 2.05) is 6.92 Å². The van der Waals surface area contributed by atoms with Crippen molar-refractivity contribution in [2.45, 2.75) is 18.7 Å². The van der Waals surface area contributed by atoms with Crippen LogP contribution in [-0.2, 0) is 14.3 Å². The number of hydrogen-bond donors (Lipinski definition) is 0. The van der Waals surface area contributed by atoms with E-state index in [0.717, 1.165) is 5.56 Å². The highest BCUT2D eigenvalue weighted by molar-refractivity contribution is 7.86. The van der Waals surface area contributed by atoms with Gasteiger partial charge in [-0.05, 0) is 26.0 Å². The quantitative estimate of drug-likeness (QED) is 0.787. The summed E-state index contributed by atoms with van der Waals surface area (Å²) in [4.78, 5) is 25.0. The summed E-state index contributed by atoms with van der Waals surface area (Å²) in [6, 6.07) is 12.7. The second kappa shape index (κ2) is 6.38. The standard InChI is InChI=1S/C19H16O5S/c1-12-7-9-14(10-8-12)25(22,23)24-11-17-13(2)18(20)15-5-3-4-6-16(15)19(17)21/h3-10H,11H2,1-2H3. The Morgan fingerprint density at radius 1 is 0.840 bits per heavy atom. The lowest BCUT2D eigenvalue weighted by molar-refractivity contribution is 0.0965. The van der Waals surface area contributed by atoms with E-state index < -0.39 is 16.7 Å². The SMILES string of the molecule is CC1=C(COS(=O)(=O)c2ccc(C)cc2)C(=O)c2ccccc2C1=O. The largest absolute Gasteiger partial charge is 0.297 e. The maximum atomic E-state index is 12.6. The highest BCUT2D eigenvalue weighted by Crippen LogP contribution is 2.27. The molecule has 6 heteroatoms. The molecule has 25 heavy (non-hydrogen) atoms. The molecule has 1 aliphatic carbocycles. The van der Waals surface area contributed by atoms with Gasteiger partial charge in [0.15, 0.2) is 11.6 Å². The monoisotopic (exact) mass is 356 g/mol. The summed E-state index contributed by atoms with van der Waals surface area (Å²) in [5.74, 6) is -0.673. The average Bonchev–Trinajstić information content (AvgIpc) is 2.60. The predicted molar refractivity (Wildman–Crippen MR) is 92.1 cm³/mol. The van der Waals surface area contributed by atoms with Crippen molar-refractivity contribution >= 4 is 21.7 Å². The molecule has 0 heterocycles. The van der Waals surface area contributed by atoms with Gasteiger partial charge in [-0.3, -0.25) is 13.8 Å². The first kappa shape index (κ1) is 17.3. The second-order valence-electron chi connectivity index (χ2n) is 5.84. The van der Waals surface area contributed by atoms with Crippen molar-refractivity contribution in [1.82, 2.24) is 0 Å². The highest BCUT2D eigenvalue weighted by atomic mass is 32.2. The van der Waals surface area contributed by atoms with Crippen LogP contribution in [0.15, 0.2) is 64.6 Å². The Morgan fingerprint density at radius 3 is 2.00 bits per heavy atom. The molecule has 0 bridgehead atoms. The topological polar surface area (TPSA) is 77.5 Å². The van der Waals surface area contributed by atoms with Gasteiger partial charge in [0.25, 0.3) is 10.1 Å². The van der Waals surface area contributed by atoms with Crippen LogP contribution < -0.4 is 0 Å². The second-order valence-corrected chi connectivity index (χ2v) is 7.45. The predicted octanol–water partition coefficient (Wildman–Crippen LogP) is 3.10.